The lowest BCUT2D eigenvalue weighted by atomic mass is 9.95. The second-order valence-electron chi connectivity index (χ2n) is 7.18. The molecule has 0 saturated carbocycles. The summed E-state index contributed by atoms with van der Waals surface area (Å²) in [6.45, 7) is -0.0818. The lowest BCUT2D eigenvalue weighted by Gasteiger charge is -2.26. The number of carbonyl (C=O) groups excluding carboxylic acids is 2. The normalized spacial score (nSPS) is 22.8. The molecule has 8 nitrogen and oxygen atoms in total. The Bertz CT molecular complexity index is 943. The Morgan fingerprint density at radius 2 is 1.80 bits per heavy atom. The highest BCUT2D eigenvalue weighted by Crippen LogP contribution is 2.26. The summed E-state index contributed by atoms with van der Waals surface area (Å²) < 4.78 is 5.50. The molecule has 2 amide bonds. The van der Waals surface area contributed by atoms with Crippen molar-refractivity contribution in [3.05, 3.63) is 71.3 Å². The quantitative estimate of drug-likeness (QED) is 0.530. The summed E-state index contributed by atoms with van der Waals surface area (Å²) in [6.07, 6.45) is -1.62. The number of benzene rings is 2. The molecule has 2 aromatic carbocycles. The number of nitriles is 1. The van der Waals surface area contributed by atoms with Crippen LogP contribution in [0.3, 0.4) is 0 Å². The van der Waals surface area contributed by atoms with Crippen LogP contribution in [-0.4, -0.2) is 59.5 Å². The molecule has 8 heteroatoms. The lowest BCUT2D eigenvalue weighted by Crippen LogP contribution is -2.52. The molecule has 30 heavy (non-hydrogen) atoms. The van der Waals surface area contributed by atoms with E-state index < -0.39 is 17.8 Å². The van der Waals surface area contributed by atoms with Crippen molar-refractivity contribution in [2.45, 2.75) is 24.2 Å². The maximum atomic E-state index is 12.2. The molecule has 0 radical (unpaired) electrons. The average molecular weight is 409 g/mol. The average Bonchev–Trinajstić information content (AvgIpc) is 3.07. The molecule has 3 rings (SSSR count). The van der Waals surface area contributed by atoms with Gasteiger partial charge < -0.3 is 25.6 Å². The zero-order valence-corrected chi connectivity index (χ0v) is 16.2. The number of aliphatic hydroxyl groups is 2. The fraction of sp³-hybridized carbons (Fsp3) is 0.318. The molecule has 0 bridgehead atoms. The fourth-order valence-electron chi connectivity index (χ4n) is 3.26. The first kappa shape index (κ1) is 21.5. The number of ether oxygens (including phenoxy) is 1. The maximum absolute atomic E-state index is 12.2. The minimum atomic E-state index is -1.61. The summed E-state index contributed by atoms with van der Waals surface area (Å²) in [5.74, 6) is -0.698. The number of rotatable bonds is 7. The molecule has 4 N–H and O–H groups in total. The van der Waals surface area contributed by atoms with E-state index in [1.54, 1.807) is 48.5 Å². The molecule has 0 unspecified atom stereocenters. The van der Waals surface area contributed by atoms with E-state index in [4.69, 9.17) is 10.00 Å². The lowest BCUT2D eigenvalue weighted by molar-refractivity contribution is -0.0474. The van der Waals surface area contributed by atoms with Gasteiger partial charge >= 0.3 is 0 Å². The maximum Gasteiger partial charge on any atom is 0.251 e. The zero-order valence-electron chi connectivity index (χ0n) is 16.2. The first-order valence-corrected chi connectivity index (χ1v) is 9.56. The van der Waals surface area contributed by atoms with Crippen LogP contribution in [0.25, 0.3) is 0 Å². The van der Waals surface area contributed by atoms with E-state index in [1.807, 2.05) is 6.07 Å². The molecule has 3 atom stereocenters. The van der Waals surface area contributed by atoms with Crippen molar-refractivity contribution < 1.29 is 24.5 Å². The van der Waals surface area contributed by atoms with Crippen LogP contribution in [-0.2, 0) is 4.74 Å². The van der Waals surface area contributed by atoms with Crippen molar-refractivity contribution in [2.24, 2.45) is 0 Å². The Hall–Kier alpha value is -3.25. The van der Waals surface area contributed by atoms with Gasteiger partial charge in [-0.25, -0.2) is 0 Å². The van der Waals surface area contributed by atoms with E-state index in [1.165, 1.54) is 6.07 Å². The molecule has 156 valence electrons. The van der Waals surface area contributed by atoms with Gasteiger partial charge in [-0.2, -0.15) is 5.26 Å². The molecule has 0 aliphatic carbocycles. The second-order valence-corrected chi connectivity index (χ2v) is 7.18. The van der Waals surface area contributed by atoms with E-state index >= 15 is 0 Å². The Morgan fingerprint density at radius 1 is 1.10 bits per heavy atom. The standard InChI is InChI=1S/C22H23N3O5/c23-12-15-5-4-8-17(11-15)21(28)24-10-9-18-19(26)22(29,14-30-18)13-25-20(27)16-6-2-1-3-7-16/h1-8,11,18-19,26,29H,9-10,13-14H2,(H,24,28)(H,25,27)/t18-,19-,22+/m1/s1. The highest BCUT2D eigenvalue weighted by atomic mass is 16.5. The molecule has 1 aliphatic heterocycles. The van der Waals surface area contributed by atoms with Gasteiger partial charge in [-0.15, -0.1) is 0 Å². The van der Waals surface area contributed by atoms with Crippen LogP contribution < -0.4 is 10.6 Å². The monoisotopic (exact) mass is 409 g/mol. The van der Waals surface area contributed by atoms with Gasteiger partial charge in [0.15, 0.2) is 0 Å². The first-order chi connectivity index (χ1) is 14.4. The topological polar surface area (TPSA) is 132 Å². The third-order valence-corrected chi connectivity index (χ3v) is 5.01. The van der Waals surface area contributed by atoms with Crippen molar-refractivity contribution in [1.82, 2.24) is 10.6 Å². The molecule has 2 aromatic rings. The van der Waals surface area contributed by atoms with Crippen molar-refractivity contribution in [1.29, 1.82) is 5.26 Å². The van der Waals surface area contributed by atoms with Crippen molar-refractivity contribution in [3.8, 4) is 6.07 Å². The smallest absolute Gasteiger partial charge is 0.251 e. The van der Waals surface area contributed by atoms with E-state index in [0.29, 0.717) is 16.7 Å². The molecule has 0 spiro atoms. The number of amides is 2. The minimum Gasteiger partial charge on any atom is -0.387 e. The number of nitrogens with zero attached hydrogens (tertiary/aromatic N) is 1. The highest BCUT2D eigenvalue weighted by molar-refractivity contribution is 5.94. The van der Waals surface area contributed by atoms with E-state index in [0.717, 1.165) is 0 Å². The Balaban J connectivity index is 1.47. The van der Waals surface area contributed by atoms with Crippen LogP contribution in [0, 0.1) is 11.3 Å². The van der Waals surface area contributed by atoms with Gasteiger partial charge in [-0.05, 0) is 36.8 Å². The fourth-order valence-corrected chi connectivity index (χ4v) is 3.26. The molecular formula is C22H23N3O5. The molecular weight excluding hydrogens is 386 g/mol. The predicted molar refractivity (Wildman–Crippen MR) is 108 cm³/mol. The molecule has 0 aromatic heterocycles. The summed E-state index contributed by atoms with van der Waals surface area (Å²) >= 11 is 0. The van der Waals surface area contributed by atoms with Gasteiger partial charge in [0.05, 0.1) is 30.9 Å². The number of hydrogen-bond acceptors (Lipinski definition) is 6. The van der Waals surface area contributed by atoms with E-state index in [-0.39, 0.29) is 37.9 Å². The van der Waals surface area contributed by atoms with Crippen LogP contribution in [0.5, 0.6) is 0 Å². The molecule has 1 aliphatic rings. The summed E-state index contributed by atoms with van der Waals surface area (Å²) in [5, 5.41) is 35.4. The van der Waals surface area contributed by atoms with E-state index in [9.17, 15) is 19.8 Å². The Kier molecular flexibility index (Phi) is 6.79. The number of aliphatic hydroxyl groups excluding tert-OH is 1. The van der Waals surface area contributed by atoms with Gasteiger partial charge in [0.2, 0.25) is 0 Å². The van der Waals surface area contributed by atoms with Crippen LogP contribution in [0.15, 0.2) is 54.6 Å². The van der Waals surface area contributed by atoms with Crippen molar-refractivity contribution in [3.63, 3.8) is 0 Å². The SMILES string of the molecule is N#Cc1cccc(C(=O)NCC[C@H]2OC[C@@](O)(CNC(=O)c3ccccc3)[C@@H]2O)c1. The van der Waals surface area contributed by atoms with Crippen LogP contribution in [0.2, 0.25) is 0 Å². The first-order valence-electron chi connectivity index (χ1n) is 9.56. The second kappa shape index (κ2) is 9.50. The number of nitrogens with one attached hydrogen (secondary N) is 2. The molecule has 1 saturated heterocycles. The molecule has 1 heterocycles. The van der Waals surface area contributed by atoms with Crippen molar-refractivity contribution >= 4 is 11.8 Å². The number of hydrogen-bond donors (Lipinski definition) is 4. The van der Waals surface area contributed by atoms with E-state index in [2.05, 4.69) is 10.6 Å². The third kappa shape index (κ3) is 5.02. The van der Waals surface area contributed by atoms with Gasteiger partial charge in [0.25, 0.3) is 11.8 Å². The summed E-state index contributed by atoms with van der Waals surface area (Å²) in [5.41, 5.74) is -0.406. The minimum absolute atomic E-state index is 0.133. The highest BCUT2D eigenvalue weighted by Gasteiger charge is 2.47. The van der Waals surface area contributed by atoms with Crippen LogP contribution in [0.4, 0.5) is 0 Å². The van der Waals surface area contributed by atoms with Gasteiger partial charge in [0.1, 0.15) is 11.7 Å². The Labute approximate surface area is 174 Å². The van der Waals surface area contributed by atoms with Crippen LogP contribution >= 0.6 is 0 Å². The van der Waals surface area contributed by atoms with Crippen molar-refractivity contribution in [2.75, 3.05) is 19.7 Å². The summed E-state index contributed by atoms with van der Waals surface area (Å²) in [4.78, 5) is 24.3. The van der Waals surface area contributed by atoms with Crippen LogP contribution in [0.1, 0.15) is 32.7 Å². The molecule has 1 fully saturated rings. The predicted octanol–water partition coefficient (Wildman–Crippen LogP) is 0.599. The Morgan fingerprint density at radius 3 is 2.53 bits per heavy atom. The van der Waals surface area contributed by atoms with Gasteiger partial charge in [0, 0.05) is 17.7 Å². The van der Waals surface area contributed by atoms with Gasteiger partial charge in [-0.3, -0.25) is 9.59 Å². The summed E-state index contributed by atoms with van der Waals surface area (Å²) in [6, 6.07) is 16.9. The number of carbonyl (C=O) groups is 2. The zero-order chi connectivity index (χ0) is 21.6. The largest absolute Gasteiger partial charge is 0.387 e. The van der Waals surface area contributed by atoms with Gasteiger partial charge in [-0.1, -0.05) is 24.3 Å². The summed E-state index contributed by atoms with van der Waals surface area (Å²) in [7, 11) is 0. The third-order valence-electron chi connectivity index (χ3n) is 5.01.